The Morgan fingerprint density at radius 2 is 1.48 bits per heavy atom. The van der Waals surface area contributed by atoms with Gasteiger partial charge in [0.25, 0.3) is 11.8 Å². The van der Waals surface area contributed by atoms with E-state index < -0.39 is 17.8 Å². The zero-order valence-electron chi connectivity index (χ0n) is 16.6. The number of urea groups is 1. The zero-order chi connectivity index (χ0) is 22.1. The molecule has 0 unspecified atom stereocenters. The molecule has 31 heavy (non-hydrogen) atoms. The Hall–Kier alpha value is -4.33. The molecule has 0 aromatic heterocycles. The molecule has 0 saturated heterocycles. The van der Waals surface area contributed by atoms with E-state index in [1.807, 2.05) is 48.5 Å². The minimum absolute atomic E-state index is 0.260. The van der Waals surface area contributed by atoms with Gasteiger partial charge in [-0.1, -0.05) is 60.7 Å². The van der Waals surface area contributed by atoms with Crippen LogP contribution in [0.3, 0.4) is 0 Å². The fraction of sp³-hybridized carbons (Fsp3) is 0.0870. The van der Waals surface area contributed by atoms with E-state index in [9.17, 15) is 14.4 Å². The number of carbonyl (C=O) groups excluding carboxylic acids is 3. The van der Waals surface area contributed by atoms with Crippen LogP contribution in [0.1, 0.15) is 15.9 Å². The molecule has 3 rings (SSSR count). The van der Waals surface area contributed by atoms with Gasteiger partial charge in [-0.15, -0.1) is 0 Å². The molecular formula is C23H22N4O4. The first-order valence-corrected chi connectivity index (χ1v) is 9.51. The van der Waals surface area contributed by atoms with E-state index in [1.165, 1.54) is 0 Å². The van der Waals surface area contributed by atoms with Crippen molar-refractivity contribution in [1.82, 2.24) is 16.2 Å². The van der Waals surface area contributed by atoms with Crippen LogP contribution in [0, 0.1) is 0 Å². The summed E-state index contributed by atoms with van der Waals surface area (Å²) in [5, 5.41) is 2.46. The van der Waals surface area contributed by atoms with Gasteiger partial charge in [0.1, 0.15) is 5.75 Å². The van der Waals surface area contributed by atoms with E-state index in [1.54, 1.807) is 30.3 Å². The van der Waals surface area contributed by atoms with Crippen LogP contribution in [0.4, 0.5) is 4.79 Å². The highest BCUT2D eigenvalue weighted by Crippen LogP contribution is 2.29. The monoisotopic (exact) mass is 418 g/mol. The molecule has 0 heterocycles. The SMILES string of the molecule is NC(=O)NCc1ccc(C(=O)NNC(=O)COc2ccccc2-c2ccccc2)cc1. The zero-order valence-corrected chi connectivity index (χ0v) is 16.6. The molecule has 0 fully saturated rings. The maximum absolute atomic E-state index is 12.2. The maximum Gasteiger partial charge on any atom is 0.312 e. The molecule has 5 N–H and O–H groups in total. The number of rotatable bonds is 7. The lowest BCUT2D eigenvalue weighted by Gasteiger charge is -2.12. The van der Waals surface area contributed by atoms with Gasteiger partial charge in [-0.2, -0.15) is 0 Å². The molecule has 0 saturated carbocycles. The van der Waals surface area contributed by atoms with Crippen LogP contribution in [-0.4, -0.2) is 24.5 Å². The first-order valence-electron chi connectivity index (χ1n) is 9.51. The molecule has 8 nitrogen and oxygen atoms in total. The molecule has 0 aliphatic heterocycles. The summed E-state index contributed by atoms with van der Waals surface area (Å²) in [7, 11) is 0. The number of nitrogens with two attached hydrogens (primary N) is 1. The van der Waals surface area contributed by atoms with Gasteiger partial charge >= 0.3 is 6.03 Å². The molecule has 4 amide bonds. The number of hydrogen-bond donors (Lipinski definition) is 4. The van der Waals surface area contributed by atoms with Crippen LogP contribution in [0.15, 0.2) is 78.9 Å². The number of nitrogens with one attached hydrogen (secondary N) is 3. The number of ether oxygens (including phenoxy) is 1. The van der Waals surface area contributed by atoms with E-state index in [2.05, 4.69) is 16.2 Å². The molecule has 0 radical (unpaired) electrons. The van der Waals surface area contributed by atoms with Crippen molar-refractivity contribution in [3.8, 4) is 16.9 Å². The van der Waals surface area contributed by atoms with Crippen molar-refractivity contribution in [1.29, 1.82) is 0 Å². The average Bonchev–Trinajstić information content (AvgIpc) is 2.81. The van der Waals surface area contributed by atoms with Gasteiger partial charge in [0.05, 0.1) is 0 Å². The molecular weight excluding hydrogens is 396 g/mol. The quantitative estimate of drug-likeness (QED) is 0.440. The van der Waals surface area contributed by atoms with E-state index in [4.69, 9.17) is 10.5 Å². The number of hydrogen-bond acceptors (Lipinski definition) is 4. The van der Waals surface area contributed by atoms with Gasteiger partial charge < -0.3 is 15.8 Å². The summed E-state index contributed by atoms with van der Waals surface area (Å²) >= 11 is 0. The Labute approximate surface area is 179 Å². The van der Waals surface area contributed by atoms with Crippen LogP contribution in [0.5, 0.6) is 5.75 Å². The third kappa shape index (κ3) is 6.33. The van der Waals surface area contributed by atoms with Crippen molar-refractivity contribution in [2.75, 3.05) is 6.61 Å². The number of benzene rings is 3. The Kier molecular flexibility index (Phi) is 7.21. The van der Waals surface area contributed by atoms with Crippen molar-refractivity contribution in [3.05, 3.63) is 90.0 Å². The fourth-order valence-corrected chi connectivity index (χ4v) is 2.79. The predicted octanol–water partition coefficient (Wildman–Crippen LogP) is 2.36. The first kappa shape index (κ1) is 21.4. The second-order valence-corrected chi connectivity index (χ2v) is 6.57. The Bertz CT molecular complexity index is 1050. The Morgan fingerprint density at radius 3 is 2.19 bits per heavy atom. The van der Waals surface area contributed by atoms with Gasteiger partial charge in [-0.25, -0.2) is 4.79 Å². The first-order chi connectivity index (χ1) is 15.0. The third-order valence-corrected chi connectivity index (χ3v) is 4.33. The second kappa shape index (κ2) is 10.4. The Morgan fingerprint density at radius 1 is 0.806 bits per heavy atom. The van der Waals surface area contributed by atoms with Gasteiger partial charge in [0.2, 0.25) is 0 Å². The molecule has 3 aromatic rings. The van der Waals surface area contributed by atoms with Crippen molar-refractivity contribution in [2.45, 2.75) is 6.54 Å². The number of carbonyl (C=O) groups is 3. The van der Waals surface area contributed by atoms with E-state index >= 15 is 0 Å². The highest BCUT2D eigenvalue weighted by molar-refractivity contribution is 5.95. The highest BCUT2D eigenvalue weighted by atomic mass is 16.5. The summed E-state index contributed by atoms with van der Waals surface area (Å²) in [6.07, 6.45) is 0. The standard InChI is InChI=1S/C23H22N4O4/c24-23(30)25-14-16-10-12-18(13-11-16)22(29)27-26-21(28)15-31-20-9-5-4-8-19(20)17-6-2-1-3-7-17/h1-13H,14-15H2,(H,26,28)(H,27,29)(H3,24,25,30). The van der Waals surface area contributed by atoms with Crippen molar-refractivity contribution < 1.29 is 19.1 Å². The van der Waals surface area contributed by atoms with E-state index in [-0.39, 0.29) is 13.2 Å². The number of amides is 4. The Balaban J connectivity index is 1.50. The van der Waals surface area contributed by atoms with Crippen LogP contribution in [-0.2, 0) is 11.3 Å². The lowest BCUT2D eigenvalue weighted by Crippen LogP contribution is -2.43. The topological polar surface area (TPSA) is 123 Å². The number of para-hydroxylation sites is 1. The third-order valence-electron chi connectivity index (χ3n) is 4.33. The molecule has 0 bridgehead atoms. The summed E-state index contributed by atoms with van der Waals surface area (Å²) in [5.74, 6) is -0.415. The van der Waals surface area contributed by atoms with Gasteiger partial charge in [0, 0.05) is 17.7 Å². The lowest BCUT2D eigenvalue weighted by atomic mass is 10.1. The maximum atomic E-state index is 12.2. The van der Waals surface area contributed by atoms with E-state index in [0.717, 1.165) is 16.7 Å². The molecule has 0 spiro atoms. The van der Waals surface area contributed by atoms with Crippen molar-refractivity contribution >= 4 is 17.8 Å². The van der Waals surface area contributed by atoms with Crippen LogP contribution in [0.2, 0.25) is 0 Å². The summed E-state index contributed by atoms with van der Waals surface area (Å²) < 4.78 is 5.65. The highest BCUT2D eigenvalue weighted by Gasteiger charge is 2.10. The van der Waals surface area contributed by atoms with Crippen LogP contribution < -0.4 is 26.6 Å². The average molecular weight is 418 g/mol. The summed E-state index contributed by atoms with van der Waals surface area (Å²) in [6, 6.07) is 23.0. The molecule has 3 aromatic carbocycles. The largest absolute Gasteiger partial charge is 0.483 e. The predicted molar refractivity (Wildman–Crippen MR) is 116 cm³/mol. The van der Waals surface area contributed by atoms with Crippen LogP contribution in [0.25, 0.3) is 11.1 Å². The minimum Gasteiger partial charge on any atom is -0.483 e. The van der Waals surface area contributed by atoms with Crippen molar-refractivity contribution in [2.24, 2.45) is 5.73 Å². The number of hydrazine groups is 1. The molecule has 0 atom stereocenters. The second-order valence-electron chi connectivity index (χ2n) is 6.57. The summed E-state index contributed by atoms with van der Waals surface area (Å²) in [4.78, 5) is 35.0. The number of primary amides is 1. The van der Waals surface area contributed by atoms with Gasteiger partial charge in [-0.3, -0.25) is 20.4 Å². The van der Waals surface area contributed by atoms with E-state index in [0.29, 0.717) is 11.3 Å². The molecule has 8 heteroatoms. The minimum atomic E-state index is -0.627. The smallest absolute Gasteiger partial charge is 0.312 e. The lowest BCUT2D eigenvalue weighted by molar-refractivity contribution is -0.123. The summed E-state index contributed by atoms with van der Waals surface area (Å²) in [5.41, 5.74) is 12.7. The normalized spacial score (nSPS) is 10.1. The summed E-state index contributed by atoms with van der Waals surface area (Å²) in [6.45, 7) is -0.00237. The van der Waals surface area contributed by atoms with Gasteiger partial charge in [0.15, 0.2) is 6.61 Å². The van der Waals surface area contributed by atoms with Crippen LogP contribution >= 0.6 is 0 Å². The fourth-order valence-electron chi connectivity index (χ4n) is 2.79. The molecule has 0 aliphatic carbocycles. The van der Waals surface area contributed by atoms with Gasteiger partial charge in [-0.05, 0) is 29.3 Å². The van der Waals surface area contributed by atoms with Crippen molar-refractivity contribution in [3.63, 3.8) is 0 Å². The molecule has 158 valence electrons. The molecule has 0 aliphatic rings.